The molecule has 2 heterocycles. The molecule has 0 saturated carbocycles. The van der Waals surface area contributed by atoms with Gasteiger partial charge in [-0.2, -0.15) is 0 Å². The quantitative estimate of drug-likeness (QED) is 0.416. The highest BCUT2D eigenvalue weighted by molar-refractivity contribution is 6.24. The summed E-state index contributed by atoms with van der Waals surface area (Å²) < 4.78 is 17.8. The zero-order valence-electron chi connectivity index (χ0n) is 14.1. The molecule has 27 heavy (non-hydrogen) atoms. The van der Waals surface area contributed by atoms with Gasteiger partial charge in [-0.05, 0) is 24.3 Å². The van der Waals surface area contributed by atoms with Gasteiger partial charge in [0.15, 0.2) is 11.2 Å². The van der Waals surface area contributed by atoms with Crippen LogP contribution in [0.2, 0.25) is 0 Å². The van der Waals surface area contributed by atoms with Gasteiger partial charge in [-0.3, -0.25) is 0 Å². The van der Waals surface area contributed by atoms with Crippen LogP contribution in [-0.2, 0) is 0 Å². The van der Waals surface area contributed by atoms with Crippen LogP contribution in [0.15, 0.2) is 75.6 Å². The molecule has 0 aliphatic rings. The van der Waals surface area contributed by atoms with E-state index in [0.29, 0.717) is 19.0 Å². The Kier molecular flexibility index (Phi) is 2.88. The van der Waals surface area contributed by atoms with Crippen molar-refractivity contribution in [2.45, 2.75) is 0 Å². The molecule has 5 heteroatoms. The van der Waals surface area contributed by atoms with Crippen LogP contribution in [0, 0.1) is 0 Å². The second kappa shape index (κ2) is 5.28. The lowest BCUT2D eigenvalue weighted by Crippen LogP contribution is -2.00. The molecular weight excluding hydrogens is 339 g/mol. The topological polar surface area (TPSA) is 55.7 Å². The number of hydrogen-bond acceptors (Lipinski definition) is 4. The van der Waals surface area contributed by atoms with Crippen LogP contribution in [0.4, 0.5) is 0 Å². The highest BCUT2D eigenvalue weighted by atomic mass is 16.5. The first-order chi connectivity index (χ1) is 13.3. The lowest BCUT2D eigenvalue weighted by atomic mass is 10.0. The molecule has 0 saturated heterocycles. The maximum absolute atomic E-state index is 9.15. The van der Waals surface area contributed by atoms with Gasteiger partial charge in [0.05, 0.1) is 0 Å². The number of furan rings is 2. The summed E-state index contributed by atoms with van der Waals surface area (Å²) in [6.07, 6.45) is 0. The third-order valence-corrected chi connectivity index (χ3v) is 5.13. The standard InChI is InChI=1S/C22H12BO4/c24-23-27-19-11-17-16-10-9-15-12-5-3-4-8-18(12)25-21(15)22(16)26-20(17)14-7-2-1-6-13(14)19/h1-11,24H. The Hall–Kier alpha value is -3.44. The van der Waals surface area contributed by atoms with Crippen molar-refractivity contribution in [1.29, 1.82) is 0 Å². The minimum atomic E-state index is 0.577. The molecule has 0 spiro atoms. The summed E-state index contributed by atoms with van der Waals surface area (Å²) in [5.41, 5.74) is 3.07. The predicted molar refractivity (Wildman–Crippen MR) is 107 cm³/mol. The first-order valence-electron chi connectivity index (χ1n) is 8.66. The van der Waals surface area contributed by atoms with E-state index < -0.39 is 0 Å². The fourth-order valence-electron chi connectivity index (χ4n) is 3.96. The molecule has 127 valence electrons. The van der Waals surface area contributed by atoms with Crippen molar-refractivity contribution in [3.05, 3.63) is 66.7 Å². The number of rotatable bonds is 2. The van der Waals surface area contributed by atoms with Crippen molar-refractivity contribution in [1.82, 2.24) is 0 Å². The van der Waals surface area contributed by atoms with Gasteiger partial charge in [-0.15, -0.1) is 0 Å². The summed E-state index contributed by atoms with van der Waals surface area (Å²) in [7, 11) is 0.702. The first-order valence-corrected chi connectivity index (χ1v) is 8.66. The van der Waals surface area contributed by atoms with E-state index in [1.54, 1.807) is 0 Å². The molecule has 1 radical (unpaired) electrons. The highest BCUT2D eigenvalue weighted by Gasteiger charge is 2.18. The monoisotopic (exact) mass is 351 g/mol. The van der Waals surface area contributed by atoms with Crippen molar-refractivity contribution in [2.75, 3.05) is 0 Å². The normalized spacial score (nSPS) is 11.9. The van der Waals surface area contributed by atoms with E-state index in [0.717, 1.165) is 49.1 Å². The minimum absolute atomic E-state index is 0.577. The molecule has 0 fully saturated rings. The van der Waals surface area contributed by atoms with E-state index >= 15 is 0 Å². The summed E-state index contributed by atoms with van der Waals surface area (Å²) in [4.78, 5) is 0. The molecule has 0 amide bonds. The molecule has 0 bridgehead atoms. The average molecular weight is 351 g/mol. The van der Waals surface area contributed by atoms with Crippen molar-refractivity contribution in [2.24, 2.45) is 0 Å². The fourth-order valence-corrected chi connectivity index (χ4v) is 3.96. The zero-order valence-corrected chi connectivity index (χ0v) is 14.1. The summed E-state index contributed by atoms with van der Waals surface area (Å²) in [5, 5.41) is 14.9. The molecule has 2 aromatic heterocycles. The molecule has 0 aliphatic carbocycles. The van der Waals surface area contributed by atoms with Crippen molar-refractivity contribution >= 4 is 62.3 Å². The molecule has 4 aromatic carbocycles. The predicted octanol–water partition coefficient (Wildman–Crippen LogP) is 5.54. The van der Waals surface area contributed by atoms with E-state index in [4.69, 9.17) is 18.5 Å². The van der Waals surface area contributed by atoms with Gasteiger partial charge in [0, 0.05) is 32.3 Å². The van der Waals surface area contributed by atoms with Crippen LogP contribution < -0.4 is 4.65 Å². The Morgan fingerprint density at radius 3 is 2.07 bits per heavy atom. The second-order valence-electron chi connectivity index (χ2n) is 6.54. The zero-order chi connectivity index (χ0) is 18.0. The van der Waals surface area contributed by atoms with Gasteiger partial charge in [-0.25, -0.2) is 0 Å². The van der Waals surface area contributed by atoms with Crippen LogP contribution in [0.3, 0.4) is 0 Å². The van der Waals surface area contributed by atoms with E-state index in [1.165, 1.54) is 0 Å². The molecule has 0 unspecified atom stereocenters. The van der Waals surface area contributed by atoms with E-state index in [-0.39, 0.29) is 0 Å². The molecule has 6 rings (SSSR count). The van der Waals surface area contributed by atoms with Gasteiger partial charge in [0.1, 0.15) is 16.9 Å². The lowest BCUT2D eigenvalue weighted by Gasteiger charge is -2.07. The first kappa shape index (κ1) is 14.7. The Morgan fingerprint density at radius 2 is 1.26 bits per heavy atom. The van der Waals surface area contributed by atoms with Crippen LogP contribution >= 0.6 is 0 Å². The van der Waals surface area contributed by atoms with Crippen LogP contribution in [0.25, 0.3) is 54.6 Å². The largest absolute Gasteiger partial charge is 0.569 e. The second-order valence-corrected chi connectivity index (χ2v) is 6.54. The highest BCUT2D eigenvalue weighted by Crippen LogP contribution is 2.42. The van der Waals surface area contributed by atoms with Gasteiger partial charge in [0.2, 0.25) is 0 Å². The molecule has 1 N–H and O–H groups in total. The molecule has 4 nitrogen and oxygen atoms in total. The smallest absolute Gasteiger partial charge is 0.537 e. The van der Waals surface area contributed by atoms with E-state index in [1.807, 2.05) is 60.7 Å². The van der Waals surface area contributed by atoms with Crippen LogP contribution in [0.1, 0.15) is 0 Å². The summed E-state index contributed by atoms with van der Waals surface area (Å²) in [6, 6.07) is 21.8. The van der Waals surface area contributed by atoms with Crippen molar-refractivity contribution < 1.29 is 18.5 Å². The Balaban J connectivity index is 1.83. The summed E-state index contributed by atoms with van der Waals surface area (Å²) in [6.45, 7) is 0. The maximum atomic E-state index is 9.15. The summed E-state index contributed by atoms with van der Waals surface area (Å²) in [5.74, 6) is 0.577. The third-order valence-electron chi connectivity index (χ3n) is 5.13. The van der Waals surface area contributed by atoms with Gasteiger partial charge < -0.3 is 18.5 Å². The Bertz CT molecular complexity index is 1490. The molecule has 0 atom stereocenters. The van der Waals surface area contributed by atoms with Gasteiger partial charge in [-0.1, -0.05) is 42.5 Å². The number of fused-ring (bicyclic) bond motifs is 9. The Morgan fingerprint density at radius 1 is 0.630 bits per heavy atom. The maximum Gasteiger partial charge on any atom is 0.569 e. The van der Waals surface area contributed by atoms with Crippen molar-refractivity contribution in [3.8, 4) is 5.75 Å². The molecule has 0 aliphatic heterocycles. The molecule has 6 aromatic rings. The average Bonchev–Trinajstić information content (AvgIpc) is 3.27. The summed E-state index contributed by atoms with van der Waals surface area (Å²) >= 11 is 0. The van der Waals surface area contributed by atoms with Crippen LogP contribution in [0.5, 0.6) is 5.75 Å². The number of benzene rings is 4. The fraction of sp³-hybridized carbons (Fsp3) is 0. The number of para-hydroxylation sites is 1. The van der Waals surface area contributed by atoms with E-state index in [2.05, 4.69) is 6.07 Å². The van der Waals surface area contributed by atoms with Gasteiger partial charge in [0.25, 0.3) is 0 Å². The third kappa shape index (κ3) is 1.92. The Labute approximate surface area is 153 Å². The van der Waals surface area contributed by atoms with E-state index in [9.17, 15) is 0 Å². The van der Waals surface area contributed by atoms with Gasteiger partial charge >= 0.3 is 7.69 Å². The minimum Gasteiger partial charge on any atom is -0.537 e. The SMILES string of the molecule is O[B]Oc1cc2c3ccc4c5ccccc5oc4c3oc2c2ccccc12. The molecular formula is C22H12BO4. The van der Waals surface area contributed by atoms with Crippen molar-refractivity contribution in [3.63, 3.8) is 0 Å². The van der Waals surface area contributed by atoms with Crippen LogP contribution in [-0.4, -0.2) is 12.7 Å². The number of hydrogen-bond donors (Lipinski definition) is 1. The lowest BCUT2D eigenvalue weighted by molar-refractivity contribution is 0.457.